The van der Waals surface area contributed by atoms with E-state index in [4.69, 9.17) is 11.6 Å². The Morgan fingerprint density at radius 2 is 1.89 bits per heavy atom. The topological polar surface area (TPSA) is 54.5 Å². The quantitative estimate of drug-likeness (QED) is 0.245. The second kappa shape index (κ2) is 8.73. The third-order valence-electron chi connectivity index (χ3n) is 3.68. The van der Waals surface area contributed by atoms with E-state index in [1.165, 1.54) is 23.5 Å². The number of nitrogens with one attached hydrogen (secondary N) is 1. The average molecular weight is 419 g/mol. The first-order chi connectivity index (χ1) is 13.0. The molecule has 0 bridgehead atoms. The van der Waals surface area contributed by atoms with Gasteiger partial charge in [0.25, 0.3) is 0 Å². The standard InChI is InChI=1S/C12H8ClFN4S.C7H8S/c1-19-12-9(14)5-17-11(18-12)8-4-16-10-7(8)2-6(13)3-15-10;1-6-2-4-7(8)5-3-6/h2-5H,1H3,(H,15,16);2-5,8H,1H3. The Morgan fingerprint density at radius 3 is 2.56 bits per heavy atom. The maximum Gasteiger partial charge on any atom is 0.173 e. The highest BCUT2D eigenvalue weighted by atomic mass is 35.5. The van der Waals surface area contributed by atoms with Crippen LogP contribution in [0, 0.1) is 12.7 Å². The third-order valence-corrected chi connectivity index (χ3v) is 4.86. The number of rotatable bonds is 2. The lowest BCUT2D eigenvalue weighted by Gasteiger charge is -2.02. The van der Waals surface area contributed by atoms with Gasteiger partial charge in [0.05, 0.1) is 11.2 Å². The number of H-pyrrole nitrogens is 1. The normalized spacial score (nSPS) is 10.6. The summed E-state index contributed by atoms with van der Waals surface area (Å²) in [7, 11) is 0. The highest BCUT2D eigenvalue weighted by Gasteiger charge is 2.12. The molecule has 0 saturated heterocycles. The van der Waals surface area contributed by atoms with Gasteiger partial charge in [-0.2, -0.15) is 0 Å². The van der Waals surface area contributed by atoms with Crippen LogP contribution >= 0.6 is 36.0 Å². The van der Waals surface area contributed by atoms with Gasteiger partial charge in [0, 0.05) is 28.2 Å². The molecule has 3 aromatic heterocycles. The molecule has 0 aliphatic heterocycles. The molecule has 0 radical (unpaired) electrons. The molecule has 4 rings (SSSR count). The summed E-state index contributed by atoms with van der Waals surface area (Å²) in [6.45, 7) is 2.06. The Morgan fingerprint density at radius 1 is 1.15 bits per heavy atom. The summed E-state index contributed by atoms with van der Waals surface area (Å²) < 4.78 is 13.4. The number of benzene rings is 1. The monoisotopic (exact) mass is 418 g/mol. The smallest absolute Gasteiger partial charge is 0.173 e. The van der Waals surface area contributed by atoms with E-state index in [0.29, 0.717) is 21.5 Å². The number of fused-ring (bicyclic) bond motifs is 1. The average Bonchev–Trinajstić information content (AvgIpc) is 3.08. The fourth-order valence-corrected chi connectivity index (χ4v) is 3.06. The summed E-state index contributed by atoms with van der Waals surface area (Å²) in [5.41, 5.74) is 2.72. The Labute approximate surface area is 171 Å². The van der Waals surface area contributed by atoms with Crippen LogP contribution < -0.4 is 0 Å². The van der Waals surface area contributed by atoms with Crippen LogP contribution in [0.5, 0.6) is 0 Å². The number of nitrogens with zero attached hydrogens (tertiary/aromatic N) is 3. The number of hydrogen-bond donors (Lipinski definition) is 2. The number of thioether (sulfide) groups is 1. The molecular weight excluding hydrogens is 403 g/mol. The molecule has 0 amide bonds. The van der Waals surface area contributed by atoms with E-state index in [9.17, 15) is 4.39 Å². The lowest BCUT2D eigenvalue weighted by atomic mass is 10.2. The van der Waals surface area contributed by atoms with Crippen molar-refractivity contribution < 1.29 is 4.39 Å². The minimum atomic E-state index is -0.424. The molecule has 4 nitrogen and oxygen atoms in total. The van der Waals surface area contributed by atoms with Gasteiger partial charge < -0.3 is 4.98 Å². The molecular formula is C19H16ClFN4S2. The van der Waals surface area contributed by atoms with Gasteiger partial charge in [-0.3, -0.25) is 0 Å². The van der Waals surface area contributed by atoms with Crippen molar-refractivity contribution in [2.24, 2.45) is 0 Å². The van der Waals surface area contributed by atoms with Gasteiger partial charge >= 0.3 is 0 Å². The van der Waals surface area contributed by atoms with Crippen molar-refractivity contribution in [3.05, 3.63) is 65.3 Å². The lowest BCUT2D eigenvalue weighted by molar-refractivity contribution is 0.580. The summed E-state index contributed by atoms with van der Waals surface area (Å²) in [6, 6.07) is 9.84. The van der Waals surface area contributed by atoms with Gasteiger partial charge in [0.1, 0.15) is 10.7 Å². The lowest BCUT2D eigenvalue weighted by Crippen LogP contribution is -1.93. The number of halogens is 2. The molecule has 0 saturated carbocycles. The zero-order valence-corrected chi connectivity index (χ0v) is 17.0. The molecule has 0 unspecified atom stereocenters. The van der Waals surface area contributed by atoms with Crippen LogP contribution in [0.15, 0.2) is 58.8 Å². The van der Waals surface area contributed by atoms with Gasteiger partial charge in [-0.1, -0.05) is 29.3 Å². The van der Waals surface area contributed by atoms with Crippen molar-refractivity contribution in [3.8, 4) is 11.4 Å². The molecule has 1 aromatic carbocycles. The molecule has 4 aromatic rings. The molecule has 0 fully saturated rings. The molecule has 0 spiro atoms. The predicted octanol–water partition coefficient (Wildman–Crippen LogP) is 5.82. The Kier molecular flexibility index (Phi) is 6.36. The first-order valence-corrected chi connectivity index (χ1v) is 9.98. The number of thiol groups is 1. The van der Waals surface area contributed by atoms with Crippen molar-refractivity contribution in [2.75, 3.05) is 6.26 Å². The van der Waals surface area contributed by atoms with E-state index in [1.54, 1.807) is 24.7 Å². The Balaban J connectivity index is 0.000000221. The van der Waals surface area contributed by atoms with E-state index in [0.717, 1.165) is 15.8 Å². The summed E-state index contributed by atoms with van der Waals surface area (Å²) in [6.07, 6.45) is 6.24. The molecule has 1 N–H and O–H groups in total. The number of pyridine rings is 1. The zero-order chi connectivity index (χ0) is 19.4. The SMILES string of the molecule is CSc1nc(-c2c[nH]c3ncc(Cl)cc23)ncc1F.Cc1ccc(S)cc1. The highest BCUT2D eigenvalue weighted by molar-refractivity contribution is 7.98. The van der Waals surface area contributed by atoms with Gasteiger partial charge in [-0.25, -0.2) is 19.3 Å². The third kappa shape index (κ3) is 4.80. The maximum atomic E-state index is 13.4. The van der Waals surface area contributed by atoms with Crippen molar-refractivity contribution in [1.82, 2.24) is 19.9 Å². The van der Waals surface area contributed by atoms with Crippen LogP contribution in [-0.2, 0) is 0 Å². The van der Waals surface area contributed by atoms with Crippen LogP contribution in [0.1, 0.15) is 5.56 Å². The summed E-state index contributed by atoms with van der Waals surface area (Å²) >= 11 is 11.3. The van der Waals surface area contributed by atoms with E-state index >= 15 is 0 Å². The summed E-state index contributed by atoms with van der Waals surface area (Å²) in [5.74, 6) is 0.0216. The van der Waals surface area contributed by atoms with Crippen LogP contribution in [0.4, 0.5) is 4.39 Å². The second-order valence-electron chi connectivity index (χ2n) is 5.64. The van der Waals surface area contributed by atoms with E-state index in [-0.39, 0.29) is 0 Å². The second-order valence-corrected chi connectivity index (χ2v) is 7.39. The predicted molar refractivity (Wildman–Crippen MR) is 112 cm³/mol. The fraction of sp³-hybridized carbons (Fsp3) is 0.105. The van der Waals surface area contributed by atoms with Gasteiger partial charge in [-0.15, -0.1) is 24.4 Å². The van der Waals surface area contributed by atoms with Crippen LogP contribution in [-0.4, -0.2) is 26.2 Å². The first-order valence-electron chi connectivity index (χ1n) is 7.93. The van der Waals surface area contributed by atoms with Gasteiger partial charge in [0.2, 0.25) is 0 Å². The highest BCUT2D eigenvalue weighted by Crippen LogP contribution is 2.28. The number of aromatic amines is 1. The van der Waals surface area contributed by atoms with E-state index < -0.39 is 5.82 Å². The Bertz CT molecular complexity index is 1050. The van der Waals surface area contributed by atoms with Gasteiger partial charge in [0.15, 0.2) is 11.6 Å². The molecule has 27 heavy (non-hydrogen) atoms. The van der Waals surface area contributed by atoms with E-state index in [1.807, 2.05) is 24.3 Å². The fourth-order valence-electron chi connectivity index (χ4n) is 2.33. The minimum absolute atomic E-state index is 0.314. The van der Waals surface area contributed by atoms with Crippen molar-refractivity contribution in [2.45, 2.75) is 16.8 Å². The molecule has 3 heterocycles. The van der Waals surface area contributed by atoms with Crippen molar-refractivity contribution >= 4 is 47.0 Å². The van der Waals surface area contributed by atoms with Gasteiger partial charge in [-0.05, 0) is 31.4 Å². The largest absolute Gasteiger partial charge is 0.345 e. The minimum Gasteiger partial charge on any atom is -0.345 e. The van der Waals surface area contributed by atoms with Crippen molar-refractivity contribution in [1.29, 1.82) is 0 Å². The molecule has 138 valence electrons. The maximum absolute atomic E-state index is 13.4. The van der Waals surface area contributed by atoms with Crippen LogP contribution in [0.3, 0.4) is 0 Å². The summed E-state index contributed by atoms with van der Waals surface area (Å²) in [5, 5.41) is 1.65. The van der Waals surface area contributed by atoms with E-state index in [2.05, 4.69) is 39.5 Å². The van der Waals surface area contributed by atoms with Crippen LogP contribution in [0.2, 0.25) is 5.02 Å². The molecule has 0 aliphatic rings. The van der Waals surface area contributed by atoms with Crippen molar-refractivity contribution in [3.63, 3.8) is 0 Å². The summed E-state index contributed by atoms with van der Waals surface area (Å²) in [4.78, 5) is 16.4. The number of aromatic nitrogens is 4. The Hall–Kier alpha value is -2.09. The molecule has 0 aliphatic carbocycles. The first kappa shape index (κ1) is 19.7. The number of hydrogen-bond acceptors (Lipinski definition) is 5. The number of aryl methyl sites for hydroxylation is 1. The molecule has 0 atom stereocenters. The van der Waals surface area contributed by atoms with Crippen LogP contribution in [0.25, 0.3) is 22.4 Å². The zero-order valence-electron chi connectivity index (χ0n) is 14.6. The molecule has 8 heteroatoms.